The van der Waals surface area contributed by atoms with Crippen LogP contribution in [0, 0.1) is 6.92 Å². The lowest BCUT2D eigenvalue weighted by atomic mass is 10.1. The highest BCUT2D eigenvalue weighted by Crippen LogP contribution is 2.28. The zero-order valence-corrected chi connectivity index (χ0v) is 19.4. The highest BCUT2D eigenvalue weighted by atomic mass is 32.1. The standard InChI is InChI=1S/C27H21N3O3S/c1-16-7-3-6-10-20(16)26-29-22-15-19(11-12-23(22)33-26)28-27(34)30-25(31)21-13-17-8-4-5-9-18(17)14-24(21)32-2/h3-15H,1-2H3,(H2,28,30,31,34). The first kappa shape index (κ1) is 21.6. The molecule has 0 bridgehead atoms. The van der Waals surface area contributed by atoms with Crippen LogP contribution in [0.3, 0.4) is 0 Å². The summed E-state index contributed by atoms with van der Waals surface area (Å²) in [5.74, 6) is 0.681. The minimum atomic E-state index is -0.357. The summed E-state index contributed by atoms with van der Waals surface area (Å²) in [4.78, 5) is 17.5. The van der Waals surface area contributed by atoms with E-state index in [2.05, 4.69) is 15.6 Å². The first-order valence-corrected chi connectivity index (χ1v) is 11.1. The molecule has 0 aliphatic rings. The van der Waals surface area contributed by atoms with Crippen LogP contribution in [0.4, 0.5) is 5.69 Å². The van der Waals surface area contributed by atoms with E-state index in [1.54, 1.807) is 6.07 Å². The van der Waals surface area contributed by atoms with Crippen LogP contribution >= 0.6 is 12.2 Å². The van der Waals surface area contributed by atoms with Gasteiger partial charge >= 0.3 is 0 Å². The van der Waals surface area contributed by atoms with Gasteiger partial charge in [-0.25, -0.2) is 4.98 Å². The largest absolute Gasteiger partial charge is 0.496 e. The highest BCUT2D eigenvalue weighted by molar-refractivity contribution is 7.80. The number of hydrogen-bond donors (Lipinski definition) is 2. The number of carbonyl (C=O) groups is 1. The van der Waals surface area contributed by atoms with Gasteiger partial charge in [-0.15, -0.1) is 0 Å². The normalized spacial score (nSPS) is 10.9. The van der Waals surface area contributed by atoms with Crippen molar-refractivity contribution >= 4 is 50.8 Å². The third-order valence-electron chi connectivity index (χ3n) is 5.56. The fourth-order valence-corrected chi connectivity index (χ4v) is 4.04. The summed E-state index contributed by atoms with van der Waals surface area (Å²) in [7, 11) is 1.54. The molecule has 1 amide bonds. The van der Waals surface area contributed by atoms with E-state index in [1.165, 1.54) is 7.11 Å². The molecule has 0 fully saturated rings. The summed E-state index contributed by atoms with van der Waals surface area (Å²) in [5, 5.41) is 7.87. The van der Waals surface area contributed by atoms with E-state index >= 15 is 0 Å². The fraction of sp³-hybridized carbons (Fsp3) is 0.0741. The van der Waals surface area contributed by atoms with E-state index in [-0.39, 0.29) is 11.0 Å². The van der Waals surface area contributed by atoms with Gasteiger partial charge in [0.15, 0.2) is 10.7 Å². The van der Waals surface area contributed by atoms with Crippen LogP contribution < -0.4 is 15.4 Å². The zero-order chi connectivity index (χ0) is 23.7. The van der Waals surface area contributed by atoms with E-state index < -0.39 is 0 Å². The molecule has 5 aromatic rings. The smallest absolute Gasteiger partial charge is 0.261 e. The Bertz CT molecular complexity index is 1560. The lowest BCUT2D eigenvalue weighted by Crippen LogP contribution is -2.34. The predicted molar refractivity (Wildman–Crippen MR) is 138 cm³/mol. The van der Waals surface area contributed by atoms with Crippen molar-refractivity contribution < 1.29 is 13.9 Å². The number of thiocarbonyl (C=S) groups is 1. The van der Waals surface area contributed by atoms with E-state index in [0.717, 1.165) is 21.9 Å². The Hall–Kier alpha value is -4.23. The molecule has 0 spiro atoms. The highest BCUT2D eigenvalue weighted by Gasteiger charge is 2.16. The summed E-state index contributed by atoms with van der Waals surface area (Å²) in [6.07, 6.45) is 0. The van der Waals surface area contributed by atoms with Gasteiger partial charge in [0.1, 0.15) is 11.3 Å². The Kier molecular flexibility index (Phi) is 5.69. The van der Waals surface area contributed by atoms with Crippen LogP contribution in [0.15, 0.2) is 83.3 Å². The van der Waals surface area contributed by atoms with Gasteiger partial charge in [-0.05, 0) is 71.9 Å². The Balaban J connectivity index is 1.34. The minimum Gasteiger partial charge on any atom is -0.496 e. The number of rotatable bonds is 4. The van der Waals surface area contributed by atoms with Gasteiger partial charge in [0.05, 0.1) is 12.7 Å². The summed E-state index contributed by atoms with van der Waals surface area (Å²) in [6, 6.07) is 24.8. The first-order valence-electron chi connectivity index (χ1n) is 10.7. The second kappa shape index (κ2) is 8.96. The fourth-order valence-electron chi connectivity index (χ4n) is 3.83. The monoisotopic (exact) mass is 467 g/mol. The van der Waals surface area contributed by atoms with Crippen molar-refractivity contribution in [2.24, 2.45) is 0 Å². The van der Waals surface area contributed by atoms with Crippen molar-refractivity contribution in [1.82, 2.24) is 10.3 Å². The van der Waals surface area contributed by atoms with Crippen molar-refractivity contribution in [3.8, 4) is 17.2 Å². The van der Waals surface area contributed by atoms with Gasteiger partial charge < -0.3 is 14.5 Å². The topological polar surface area (TPSA) is 76.4 Å². The number of aromatic nitrogens is 1. The molecule has 0 saturated carbocycles. The number of anilines is 1. The molecule has 1 heterocycles. The zero-order valence-electron chi connectivity index (χ0n) is 18.6. The summed E-state index contributed by atoms with van der Waals surface area (Å²) in [6.45, 7) is 2.02. The summed E-state index contributed by atoms with van der Waals surface area (Å²) in [5.41, 5.74) is 4.47. The predicted octanol–water partition coefficient (Wildman–Crippen LogP) is 6.09. The van der Waals surface area contributed by atoms with Crippen molar-refractivity contribution in [1.29, 1.82) is 0 Å². The maximum Gasteiger partial charge on any atom is 0.261 e. The molecule has 0 atom stereocenters. The molecule has 1 aromatic heterocycles. The van der Waals surface area contributed by atoms with Crippen molar-refractivity contribution in [3.63, 3.8) is 0 Å². The van der Waals surface area contributed by atoms with Crippen LogP contribution in [0.1, 0.15) is 15.9 Å². The number of amides is 1. The van der Waals surface area contributed by atoms with Gasteiger partial charge in [0.2, 0.25) is 5.89 Å². The molecule has 4 aromatic carbocycles. The molecule has 168 valence electrons. The molecular formula is C27H21N3O3S. The maximum absolute atomic E-state index is 12.9. The van der Waals surface area contributed by atoms with E-state index in [1.807, 2.05) is 79.7 Å². The molecule has 0 unspecified atom stereocenters. The summed E-state index contributed by atoms with van der Waals surface area (Å²) >= 11 is 5.38. The van der Waals surface area contributed by atoms with Gasteiger partial charge in [0.25, 0.3) is 5.91 Å². The molecule has 0 saturated heterocycles. The van der Waals surface area contributed by atoms with Crippen LogP contribution in [-0.2, 0) is 0 Å². The number of aryl methyl sites for hydroxylation is 1. The molecular weight excluding hydrogens is 446 g/mol. The minimum absolute atomic E-state index is 0.169. The molecule has 0 radical (unpaired) electrons. The number of fused-ring (bicyclic) bond motifs is 2. The number of hydrogen-bond acceptors (Lipinski definition) is 5. The third-order valence-corrected chi connectivity index (χ3v) is 5.76. The Morgan fingerprint density at radius 3 is 2.47 bits per heavy atom. The Morgan fingerprint density at radius 1 is 0.971 bits per heavy atom. The van der Waals surface area contributed by atoms with Crippen molar-refractivity contribution in [3.05, 3.63) is 90.0 Å². The molecule has 0 aliphatic heterocycles. The van der Waals surface area contributed by atoms with Gasteiger partial charge in [0, 0.05) is 11.3 Å². The molecule has 2 N–H and O–H groups in total. The average molecular weight is 468 g/mol. The number of nitrogens with zero attached hydrogens (tertiary/aromatic N) is 1. The molecule has 5 rings (SSSR count). The van der Waals surface area contributed by atoms with Crippen LogP contribution in [-0.4, -0.2) is 23.1 Å². The SMILES string of the molecule is COc1cc2ccccc2cc1C(=O)NC(=S)Nc1ccc2oc(-c3ccccc3C)nc2c1. The van der Waals surface area contributed by atoms with Crippen LogP contribution in [0.5, 0.6) is 5.75 Å². The number of carbonyl (C=O) groups excluding carboxylic acids is 1. The summed E-state index contributed by atoms with van der Waals surface area (Å²) < 4.78 is 11.3. The van der Waals surface area contributed by atoms with Crippen molar-refractivity contribution in [2.75, 3.05) is 12.4 Å². The molecule has 0 aliphatic carbocycles. The second-order valence-electron chi connectivity index (χ2n) is 7.82. The van der Waals surface area contributed by atoms with E-state index in [9.17, 15) is 4.79 Å². The second-order valence-corrected chi connectivity index (χ2v) is 8.23. The van der Waals surface area contributed by atoms with Gasteiger partial charge in [-0.3, -0.25) is 10.1 Å². The lowest BCUT2D eigenvalue weighted by molar-refractivity contribution is 0.0975. The number of methoxy groups -OCH3 is 1. The molecule has 7 heteroatoms. The van der Waals surface area contributed by atoms with Crippen LogP contribution in [0.25, 0.3) is 33.3 Å². The van der Waals surface area contributed by atoms with Crippen LogP contribution in [0.2, 0.25) is 0 Å². The average Bonchev–Trinajstić information content (AvgIpc) is 3.26. The quantitative estimate of drug-likeness (QED) is 0.312. The maximum atomic E-state index is 12.9. The number of benzene rings is 4. The Morgan fingerprint density at radius 2 is 1.71 bits per heavy atom. The number of nitrogens with one attached hydrogen (secondary N) is 2. The third kappa shape index (κ3) is 4.21. The van der Waals surface area contributed by atoms with Gasteiger partial charge in [-0.2, -0.15) is 0 Å². The number of ether oxygens (including phenoxy) is 1. The lowest BCUT2D eigenvalue weighted by Gasteiger charge is -2.12. The van der Waals surface area contributed by atoms with Crippen molar-refractivity contribution in [2.45, 2.75) is 6.92 Å². The first-order chi connectivity index (χ1) is 16.5. The molecule has 34 heavy (non-hydrogen) atoms. The molecule has 6 nitrogen and oxygen atoms in total. The van der Waals surface area contributed by atoms with E-state index in [0.29, 0.717) is 34.0 Å². The number of oxazole rings is 1. The van der Waals surface area contributed by atoms with E-state index in [4.69, 9.17) is 21.4 Å². The Labute approximate surface area is 201 Å². The van der Waals surface area contributed by atoms with Gasteiger partial charge in [-0.1, -0.05) is 42.5 Å².